The molecule has 3 atom stereocenters. The first-order valence-corrected chi connectivity index (χ1v) is 9.30. The van der Waals surface area contributed by atoms with Crippen LogP contribution in [0.15, 0.2) is 10.6 Å². The highest BCUT2D eigenvalue weighted by Crippen LogP contribution is 2.58. The van der Waals surface area contributed by atoms with Crippen LogP contribution in [-0.4, -0.2) is 10.7 Å². The number of unbranched alkanes of at least 4 members (excludes halogenated alkanes) is 1. The zero-order chi connectivity index (χ0) is 14.8. The van der Waals surface area contributed by atoms with Crippen molar-refractivity contribution in [3.05, 3.63) is 10.6 Å². The van der Waals surface area contributed by atoms with E-state index < -0.39 is 5.60 Å². The van der Waals surface area contributed by atoms with Gasteiger partial charge in [0.2, 0.25) is 0 Å². The highest BCUT2D eigenvalue weighted by molar-refractivity contribution is 9.11. The molecular weight excluding hydrogens is 312 g/mol. The first-order chi connectivity index (χ1) is 9.37. The predicted molar refractivity (Wildman–Crippen MR) is 89.9 cm³/mol. The summed E-state index contributed by atoms with van der Waals surface area (Å²) in [6, 6.07) is 0. The van der Waals surface area contributed by atoms with Crippen molar-refractivity contribution in [1.82, 2.24) is 0 Å². The van der Waals surface area contributed by atoms with Crippen molar-refractivity contribution in [1.29, 1.82) is 0 Å². The molecule has 2 unspecified atom stereocenters. The van der Waals surface area contributed by atoms with Gasteiger partial charge in [0.05, 0.1) is 5.60 Å². The monoisotopic (exact) mass is 342 g/mol. The van der Waals surface area contributed by atoms with Crippen LogP contribution in [0, 0.1) is 17.3 Å². The van der Waals surface area contributed by atoms with E-state index in [9.17, 15) is 5.11 Å². The average Bonchev–Trinajstić information content (AvgIpc) is 2.70. The summed E-state index contributed by atoms with van der Waals surface area (Å²) < 4.78 is 0. The van der Waals surface area contributed by atoms with Crippen LogP contribution < -0.4 is 0 Å². The molecule has 0 bridgehead atoms. The number of allylic oxidation sites excluding steroid dienone is 1. The molecular formula is C18H31BrO. The highest BCUT2D eigenvalue weighted by atomic mass is 79.9. The van der Waals surface area contributed by atoms with E-state index in [4.69, 9.17) is 0 Å². The molecule has 2 saturated carbocycles. The van der Waals surface area contributed by atoms with Crippen molar-refractivity contribution in [3.8, 4) is 0 Å². The molecule has 2 heteroatoms. The average molecular weight is 343 g/mol. The summed E-state index contributed by atoms with van der Waals surface area (Å²) in [7, 11) is 0. The summed E-state index contributed by atoms with van der Waals surface area (Å²) in [5.74, 6) is 1.73. The maximum absolute atomic E-state index is 9.80. The molecule has 0 radical (unpaired) electrons. The molecule has 2 rings (SSSR count). The third kappa shape index (κ3) is 3.68. The maximum Gasteiger partial charge on any atom is 0.0591 e. The second-order valence-electron chi connectivity index (χ2n) is 7.93. The van der Waals surface area contributed by atoms with E-state index in [0.717, 1.165) is 18.3 Å². The van der Waals surface area contributed by atoms with Crippen LogP contribution >= 0.6 is 15.9 Å². The van der Waals surface area contributed by atoms with Gasteiger partial charge >= 0.3 is 0 Å². The van der Waals surface area contributed by atoms with Gasteiger partial charge in [0, 0.05) is 0 Å². The van der Waals surface area contributed by atoms with Crippen molar-refractivity contribution in [3.63, 3.8) is 0 Å². The quantitative estimate of drug-likeness (QED) is 0.624. The molecule has 0 aromatic carbocycles. The Balaban J connectivity index is 1.87. The smallest absolute Gasteiger partial charge is 0.0591 e. The zero-order valence-electron chi connectivity index (χ0n) is 13.4. The number of aliphatic hydroxyl groups is 1. The van der Waals surface area contributed by atoms with Gasteiger partial charge in [-0.25, -0.2) is 0 Å². The lowest BCUT2D eigenvalue weighted by Gasteiger charge is -2.42. The molecule has 1 N–H and O–H groups in total. The fourth-order valence-corrected chi connectivity index (χ4v) is 5.25. The van der Waals surface area contributed by atoms with Gasteiger partial charge < -0.3 is 5.11 Å². The normalized spacial score (nSPS) is 36.4. The summed E-state index contributed by atoms with van der Waals surface area (Å²) in [5.41, 5.74) is 1.73. The van der Waals surface area contributed by atoms with Crippen LogP contribution in [0.3, 0.4) is 0 Å². The Morgan fingerprint density at radius 2 is 2.10 bits per heavy atom. The summed E-state index contributed by atoms with van der Waals surface area (Å²) in [5, 5.41) is 9.80. The molecule has 2 aliphatic rings. The standard InChI is InChI=1S/C18H31BrO/c1-17(2,20)11-5-4-8-15-9-10-16-14(13-19)7-6-12-18(15,16)3/h13,15-16,20H,4-12H2,1-3H3/b14-13+/t15?,16?,18-/m1/s1. The lowest BCUT2D eigenvalue weighted by Crippen LogP contribution is -2.33. The van der Waals surface area contributed by atoms with Crippen molar-refractivity contribution in [2.45, 2.75) is 84.2 Å². The van der Waals surface area contributed by atoms with Gasteiger partial charge in [0.25, 0.3) is 0 Å². The Hall–Kier alpha value is 0.180. The molecule has 0 saturated heterocycles. The van der Waals surface area contributed by atoms with Crippen molar-refractivity contribution >= 4 is 15.9 Å². The second kappa shape index (κ2) is 6.52. The predicted octanol–water partition coefficient (Wildman–Crippen LogP) is 5.81. The fourth-order valence-electron chi connectivity index (χ4n) is 4.70. The van der Waals surface area contributed by atoms with E-state index in [0.29, 0.717) is 5.41 Å². The molecule has 116 valence electrons. The zero-order valence-corrected chi connectivity index (χ0v) is 15.0. The summed E-state index contributed by atoms with van der Waals surface area (Å²) >= 11 is 3.59. The van der Waals surface area contributed by atoms with E-state index in [1.165, 1.54) is 51.4 Å². The molecule has 2 fully saturated rings. The van der Waals surface area contributed by atoms with Crippen LogP contribution in [0.1, 0.15) is 78.6 Å². The number of fused-ring (bicyclic) bond motifs is 1. The topological polar surface area (TPSA) is 20.2 Å². The molecule has 2 aliphatic carbocycles. The third-order valence-electron chi connectivity index (χ3n) is 5.89. The van der Waals surface area contributed by atoms with Gasteiger partial charge in [-0.05, 0) is 81.0 Å². The third-order valence-corrected chi connectivity index (χ3v) is 6.48. The molecule has 1 nitrogen and oxygen atoms in total. The van der Waals surface area contributed by atoms with Crippen molar-refractivity contribution in [2.75, 3.05) is 0 Å². The Morgan fingerprint density at radius 1 is 1.35 bits per heavy atom. The minimum absolute atomic E-state index is 0.487. The minimum Gasteiger partial charge on any atom is -0.390 e. The van der Waals surface area contributed by atoms with E-state index >= 15 is 0 Å². The van der Waals surface area contributed by atoms with Crippen molar-refractivity contribution in [2.24, 2.45) is 17.3 Å². The fraction of sp³-hybridized carbons (Fsp3) is 0.889. The van der Waals surface area contributed by atoms with Crippen LogP contribution in [0.2, 0.25) is 0 Å². The Kier molecular flexibility index (Phi) is 5.40. The number of hydrogen-bond donors (Lipinski definition) is 1. The Bertz CT molecular complexity index is 355. The van der Waals surface area contributed by atoms with E-state index in [1.54, 1.807) is 5.57 Å². The summed E-state index contributed by atoms with van der Waals surface area (Å²) in [6.45, 7) is 6.39. The molecule has 0 heterocycles. The first-order valence-electron chi connectivity index (χ1n) is 8.38. The van der Waals surface area contributed by atoms with Gasteiger partial charge in [0.1, 0.15) is 0 Å². The van der Waals surface area contributed by atoms with Crippen molar-refractivity contribution < 1.29 is 5.11 Å². The second-order valence-corrected chi connectivity index (χ2v) is 8.39. The molecule has 0 spiro atoms. The van der Waals surface area contributed by atoms with Gasteiger partial charge in [-0.3, -0.25) is 0 Å². The van der Waals surface area contributed by atoms with Gasteiger partial charge in [-0.2, -0.15) is 0 Å². The van der Waals surface area contributed by atoms with E-state index in [-0.39, 0.29) is 0 Å². The number of rotatable bonds is 5. The maximum atomic E-state index is 9.80. The molecule has 0 aromatic heterocycles. The molecule has 0 aromatic rings. The van der Waals surface area contributed by atoms with Crippen LogP contribution in [0.25, 0.3) is 0 Å². The lowest BCUT2D eigenvalue weighted by atomic mass is 9.63. The van der Waals surface area contributed by atoms with Gasteiger partial charge in [0.15, 0.2) is 0 Å². The van der Waals surface area contributed by atoms with E-state index in [1.807, 2.05) is 13.8 Å². The first kappa shape index (κ1) is 16.5. The Morgan fingerprint density at radius 3 is 2.75 bits per heavy atom. The van der Waals surface area contributed by atoms with Gasteiger partial charge in [-0.1, -0.05) is 41.3 Å². The Labute approximate surface area is 133 Å². The van der Waals surface area contributed by atoms with Gasteiger partial charge in [-0.15, -0.1) is 0 Å². The largest absolute Gasteiger partial charge is 0.390 e. The van der Waals surface area contributed by atoms with E-state index in [2.05, 4.69) is 27.8 Å². The number of halogens is 1. The SMILES string of the molecule is CC(C)(O)CCCCC1CCC2/C(=C/Br)CCC[C@]12C. The van der Waals surface area contributed by atoms with Crippen LogP contribution in [0.4, 0.5) is 0 Å². The van der Waals surface area contributed by atoms with Crippen LogP contribution in [0.5, 0.6) is 0 Å². The number of hydrogen-bond acceptors (Lipinski definition) is 1. The minimum atomic E-state index is -0.487. The lowest BCUT2D eigenvalue weighted by molar-refractivity contribution is 0.0660. The molecule has 0 amide bonds. The molecule has 20 heavy (non-hydrogen) atoms. The highest BCUT2D eigenvalue weighted by Gasteiger charge is 2.48. The summed E-state index contributed by atoms with van der Waals surface area (Å²) in [4.78, 5) is 2.21. The molecule has 0 aliphatic heterocycles. The van der Waals surface area contributed by atoms with Crippen LogP contribution in [-0.2, 0) is 0 Å². The summed E-state index contributed by atoms with van der Waals surface area (Å²) in [6.07, 6.45) is 11.6.